The normalized spacial score (nSPS) is 19.3. The van der Waals surface area contributed by atoms with E-state index in [-0.39, 0.29) is 5.76 Å². The molecule has 0 atom stereocenters. The first kappa shape index (κ1) is 9.98. The SMILES string of the molecule is COC(=O)/C=C1\OC(=O)C(Br)=C1C. The van der Waals surface area contributed by atoms with Crippen LogP contribution in [0.5, 0.6) is 0 Å². The maximum Gasteiger partial charge on any atom is 0.351 e. The molecule has 0 spiro atoms. The Labute approximate surface area is 83.3 Å². The van der Waals surface area contributed by atoms with Crippen LogP contribution >= 0.6 is 15.9 Å². The van der Waals surface area contributed by atoms with Gasteiger partial charge in [0, 0.05) is 5.57 Å². The molecule has 0 aliphatic carbocycles. The molecule has 70 valence electrons. The van der Waals surface area contributed by atoms with E-state index in [2.05, 4.69) is 20.7 Å². The minimum Gasteiger partial charge on any atom is -0.466 e. The first-order valence-electron chi connectivity index (χ1n) is 3.45. The molecular formula is C8H7BrO4. The molecule has 0 radical (unpaired) electrons. The summed E-state index contributed by atoms with van der Waals surface area (Å²) in [5.74, 6) is -0.819. The highest BCUT2D eigenvalue weighted by atomic mass is 79.9. The van der Waals surface area contributed by atoms with Crippen molar-refractivity contribution in [2.24, 2.45) is 0 Å². The number of carbonyl (C=O) groups excluding carboxylic acids is 2. The molecule has 1 aliphatic rings. The van der Waals surface area contributed by atoms with E-state index in [1.807, 2.05) is 0 Å². The fourth-order valence-corrected chi connectivity index (χ4v) is 1.06. The largest absolute Gasteiger partial charge is 0.466 e. The number of ether oxygens (including phenoxy) is 2. The molecule has 4 nitrogen and oxygen atoms in total. The first-order valence-corrected chi connectivity index (χ1v) is 4.24. The van der Waals surface area contributed by atoms with Crippen molar-refractivity contribution in [3.05, 3.63) is 21.9 Å². The van der Waals surface area contributed by atoms with Crippen LogP contribution in [0.4, 0.5) is 0 Å². The summed E-state index contributed by atoms with van der Waals surface area (Å²) in [6.45, 7) is 1.67. The van der Waals surface area contributed by atoms with Crippen LogP contribution in [-0.4, -0.2) is 19.0 Å². The molecule has 0 N–H and O–H groups in total. The monoisotopic (exact) mass is 246 g/mol. The van der Waals surface area contributed by atoms with Gasteiger partial charge in [-0.25, -0.2) is 9.59 Å². The summed E-state index contributed by atoms with van der Waals surface area (Å²) < 4.78 is 9.48. The Morgan fingerprint density at radius 1 is 1.62 bits per heavy atom. The van der Waals surface area contributed by atoms with Crippen LogP contribution in [0.3, 0.4) is 0 Å². The summed E-state index contributed by atoms with van der Waals surface area (Å²) in [5, 5.41) is 0. The molecule has 0 fully saturated rings. The number of carbonyl (C=O) groups is 2. The summed E-state index contributed by atoms with van der Waals surface area (Å²) >= 11 is 3.03. The van der Waals surface area contributed by atoms with Gasteiger partial charge in [-0.1, -0.05) is 0 Å². The van der Waals surface area contributed by atoms with Gasteiger partial charge in [0.25, 0.3) is 0 Å². The number of esters is 2. The first-order chi connectivity index (χ1) is 6.06. The van der Waals surface area contributed by atoms with E-state index in [0.717, 1.165) is 6.08 Å². The minimum atomic E-state index is -0.552. The Hall–Kier alpha value is -1.10. The van der Waals surface area contributed by atoms with Crippen molar-refractivity contribution < 1.29 is 19.1 Å². The Bertz CT molecular complexity index is 327. The maximum atomic E-state index is 10.9. The zero-order chi connectivity index (χ0) is 10.0. The molecule has 0 saturated carbocycles. The molecule has 1 aliphatic heterocycles. The third-order valence-corrected chi connectivity index (χ3v) is 2.45. The summed E-state index contributed by atoms with van der Waals surface area (Å²) in [5.41, 5.74) is 0.593. The summed E-state index contributed by atoms with van der Waals surface area (Å²) in [7, 11) is 1.25. The van der Waals surface area contributed by atoms with Gasteiger partial charge in [-0.05, 0) is 22.9 Å². The van der Waals surface area contributed by atoms with Crippen molar-refractivity contribution in [3.8, 4) is 0 Å². The Balaban J connectivity index is 2.94. The van der Waals surface area contributed by atoms with Crippen LogP contribution in [0.1, 0.15) is 6.92 Å². The van der Waals surface area contributed by atoms with Crippen LogP contribution < -0.4 is 0 Å². The quantitative estimate of drug-likeness (QED) is 0.517. The fourth-order valence-electron chi connectivity index (χ4n) is 0.786. The number of allylic oxidation sites excluding steroid dienone is 1. The molecule has 0 unspecified atom stereocenters. The number of hydrogen-bond donors (Lipinski definition) is 0. The van der Waals surface area contributed by atoms with Gasteiger partial charge in [0.05, 0.1) is 13.2 Å². The third-order valence-electron chi connectivity index (χ3n) is 1.53. The number of hydrogen-bond acceptors (Lipinski definition) is 4. The highest BCUT2D eigenvalue weighted by molar-refractivity contribution is 9.12. The fraction of sp³-hybridized carbons (Fsp3) is 0.250. The molecule has 0 saturated heterocycles. The molecule has 0 aromatic rings. The lowest BCUT2D eigenvalue weighted by atomic mass is 10.2. The highest BCUT2D eigenvalue weighted by Gasteiger charge is 2.25. The highest BCUT2D eigenvalue weighted by Crippen LogP contribution is 2.29. The standard InChI is InChI=1S/C8H7BrO4/c1-4-5(3-6(10)12-2)13-8(11)7(4)9/h3H,1-2H3/b5-3-. The topological polar surface area (TPSA) is 52.6 Å². The Kier molecular flexibility index (Phi) is 2.87. The molecular weight excluding hydrogens is 240 g/mol. The van der Waals surface area contributed by atoms with Crippen molar-refractivity contribution in [2.75, 3.05) is 7.11 Å². The molecule has 5 heteroatoms. The van der Waals surface area contributed by atoms with Gasteiger partial charge in [-0.15, -0.1) is 0 Å². The van der Waals surface area contributed by atoms with Crippen LogP contribution in [-0.2, 0) is 19.1 Å². The van der Waals surface area contributed by atoms with Gasteiger partial charge in [-0.3, -0.25) is 0 Å². The van der Waals surface area contributed by atoms with E-state index in [9.17, 15) is 9.59 Å². The molecule has 1 heterocycles. The average molecular weight is 247 g/mol. The van der Waals surface area contributed by atoms with Gasteiger partial charge in [0.15, 0.2) is 0 Å². The van der Waals surface area contributed by atoms with Gasteiger partial charge < -0.3 is 9.47 Å². The summed E-state index contributed by atoms with van der Waals surface area (Å²) in [6.07, 6.45) is 1.13. The second kappa shape index (κ2) is 3.74. The second-order valence-corrected chi connectivity index (χ2v) is 3.15. The van der Waals surface area contributed by atoms with Crippen molar-refractivity contribution in [1.29, 1.82) is 0 Å². The zero-order valence-electron chi connectivity index (χ0n) is 7.09. The lowest BCUT2D eigenvalue weighted by molar-refractivity contribution is -0.135. The number of rotatable bonds is 1. The molecule has 0 aromatic heterocycles. The number of halogens is 1. The van der Waals surface area contributed by atoms with Crippen molar-refractivity contribution in [1.82, 2.24) is 0 Å². The Morgan fingerprint density at radius 3 is 2.62 bits per heavy atom. The smallest absolute Gasteiger partial charge is 0.351 e. The van der Waals surface area contributed by atoms with Gasteiger partial charge in [0.2, 0.25) is 0 Å². The van der Waals surface area contributed by atoms with Crippen molar-refractivity contribution in [3.63, 3.8) is 0 Å². The summed E-state index contributed by atoms with van der Waals surface area (Å²) in [6, 6.07) is 0. The predicted octanol–water partition coefficient (Wildman–Crippen LogP) is 1.27. The van der Waals surface area contributed by atoms with Gasteiger partial charge in [-0.2, -0.15) is 0 Å². The van der Waals surface area contributed by atoms with Gasteiger partial charge >= 0.3 is 11.9 Å². The van der Waals surface area contributed by atoms with E-state index in [1.54, 1.807) is 6.92 Å². The molecule has 0 aromatic carbocycles. The van der Waals surface area contributed by atoms with Crippen LogP contribution in [0.15, 0.2) is 21.9 Å². The molecule has 0 bridgehead atoms. The van der Waals surface area contributed by atoms with Gasteiger partial charge in [0.1, 0.15) is 10.2 Å². The summed E-state index contributed by atoms with van der Waals surface area (Å²) in [4.78, 5) is 21.7. The van der Waals surface area contributed by atoms with Crippen LogP contribution in [0.25, 0.3) is 0 Å². The molecule has 0 amide bonds. The maximum absolute atomic E-state index is 10.9. The van der Waals surface area contributed by atoms with Crippen molar-refractivity contribution >= 4 is 27.9 Å². The van der Waals surface area contributed by atoms with Crippen LogP contribution in [0, 0.1) is 0 Å². The Morgan fingerprint density at radius 2 is 2.23 bits per heavy atom. The number of cyclic esters (lactones) is 1. The van der Waals surface area contributed by atoms with E-state index in [0.29, 0.717) is 10.1 Å². The second-order valence-electron chi connectivity index (χ2n) is 2.36. The average Bonchev–Trinajstić information content (AvgIpc) is 2.34. The lowest BCUT2D eigenvalue weighted by Crippen LogP contribution is -1.99. The zero-order valence-corrected chi connectivity index (χ0v) is 8.67. The van der Waals surface area contributed by atoms with E-state index in [4.69, 9.17) is 4.74 Å². The third kappa shape index (κ3) is 1.98. The number of methoxy groups -OCH3 is 1. The minimum absolute atomic E-state index is 0.226. The molecule has 13 heavy (non-hydrogen) atoms. The van der Waals surface area contributed by atoms with E-state index in [1.165, 1.54) is 7.11 Å². The van der Waals surface area contributed by atoms with Crippen LogP contribution in [0.2, 0.25) is 0 Å². The molecule has 1 rings (SSSR count). The van der Waals surface area contributed by atoms with Crippen molar-refractivity contribution in [2.45, 2.75) is 6.92 Å². The van der Waals surface area contributed by atoms with E-state index < -0.39 is 11.9 Å². The predicted molar refractivity (Wildman–Crippen MR) is 47.8 cm³/mol. The lowest BCUT2D eigenvalue weighted by Gasteiger charge is -1.97. The van der Waals surface area contributed by atoms with E-state index >= 15 is 0 Å².